The number of halogens is 1. The molecular weight excluding hydrogens is 320 g/mol. The van der Waals surface area contributed by atoms with E-state index in [1.54, 1.807) is 6.21 Å². The minimum Gasteiger partial charge on any atom is -0.483 e. The van der Waals surface area contributed by atoms with E-state index < -0.39 is 0 Å². The maximum atomic E-state index is 11.5. The summed E-state index contributed by atoms with van der Waals surface area (Å²) < 4.78 is 6.31. The summed E-state index contributed by atoms with van der Waals surface area (Å²) >= 11 is 3.45. The third-order valence-corrected chi connectivity index (χ3v) is 3.16. The molecule has 0 aliphatic heterocycles. The van der Waals surface area contributed by atoms with Crippen LogP contribution in [-0.2, 0) is 4.79 Å². The van der Waals surface area contributed by atoms with Crippen molar-refractivity contribution >= 4 is 28.1 Å². The average molecular weight is 341 g/mol. The van der Waals surface area contributed by atoms with Crippen LogP contribution in [-0.4, -0.2) is 18.7 Å². The number of nitrogens with zero attached hydrogens (tertiary/aromatic N) is 1. The first-order valence-electron chi connectivity index (χ1n) is 6.64. The first-order valence-corrected chi connectivity index (χ1v) is 7.43. The van der Waals surface area contributed by atoms with Crippen LogP contribution in [0.15, 0.2) is 27.8 Å². The van der Waals surface area contributed by atoms with Crippen LogP contribution in [0.4, 0.5) is 0 Å². The second-order valence-corrected chi connectivity index (χ2v) is 6.04. The van der Waals surface area contributed by atoms with Crippen LogP contribution in [0.3, 0.4) is 0 Å². The molecule has 1 N–H and O–H groups in total. The second-order valence-electron chi connectivity index (χ2n) is 5.19. The fourth-order valence-electron chi connectivity index (χ4n) is 1.43. The fourth-order valence-corrected chi connectivity index (χ4v) is 1.94. The van der Waals surface area contributed by atoms with E-state index in [2.05, 4.69) is 40.3 Å². The zero-order valence-electron chi connectivity index (χ0n) is 12.3. The Bertz CT molecular complexity index is 485. The van der Waals surface area contributed by atoms with Crippen molar-refractivity contribution in [3.63, 3.8) is 0 Å². The molecule has 1 amide bonds. The van der Waals surface area contributed by atoms with Crippen molar-refractivity contribution in [1.82, 2.24) is 5.43 Å². The Kier molecular flexibility index (Phi) is 6.71. The highest BCUT2D eigenvalue weighted by Crippen LogP contribution is 2.28. The molecule has 0 bridgehead atoms. The van der Waals surface area contributed by atoms with Gasteiger partial charge < -0.3 is 4.74 Å². The number of hydrogen-bond acceptors (Lipinski definition) is 3. The predicted molar refractivity (Wildman–Crippen MR) is 85.2 cm³/mol. The molecule has 0 unspecified atom stereocenters. The van der Waals surface area contributed by atoms with Gasteiger partial charge in [0.15, 0.2) is 6.61 Å². The van der Waals surface area contributed by atoms with Gasteiger partial charge in [0.2, 0.25) is 0 Å². The highest BCUT2D eigenvalue weighted by molar-refractivity contribution is 9.10. The minimum absolute atomic E-state index is 0.0605. The molecule has 1 aromatic rings. The van der Waals surface area contributed by atoms with E-state index in [1.807, 2.05) is 32.0 Å². The van der Waals surface area contributed by atoms with E-state index in [0.717, 1.165) is 4.47 Å². The van der Waals surface area contributed by atoms with Gasteiger partial charge in [-0.15, -0.1) is 0 Å². The second kappa shape index (κ2) is 8.04. The van der Waals surface area contributed by atoms with Crippen molar-refractivity contribution in [2.75, 3.05) is 6.61 Å². The van der Waals surface area contributed by atoms with Gasteiger partial charge in [0.1, 0.15) is 5.75 Å². The van der Waals surface area contributed by atoms with E-state index in [0.29, 0.717) is 17.6 Å². The number of hydrogen-bond donors (Lipinski definition) is 1. The third kappa shape index (κ3) is 5.74. The van der Waals surface area contributed by atoms with Gasteiger partial charge in [-0.25, -0.2) is 5.43 Å². The Balaban J connectivity index is 2.51. The first kappa shape index (κ1) is 16.7. The standard InChI is InChI=1S/C15H21BrN2O2/c1-10(2)8-17-18-15(19)9-20-14-6-5-12(11(3)4)7-13(14)16/h5-8,10-11H,9H2,1-4H3,(H,18,19). The van der Waals surface area contributed by atoms with Crippen LogP contribution in [0.5, 0.6) is 5.75 Å². The summed E-state index contributed by atoms with van der Waals surface area (Å²) in [6, 6.07) is 5.87. The Morgan fingerprint density at radius 3 is 2.65 bits per heavy atom. The first-order chi connectivity index (χ1) is 9.40. The summed E-state index contributed by atoms with van der Waals surface area (Å²) in [5.41, 5.74) is 3.64. The van der Waals surface area contributed by atoms with Gasteiger partial charge >= 0.3 is 0 Å². The van der Waals surface area contributed by atoms with Crippen LogP contribution < -0.4 is 10.2 Å². The summed E-state index contributed by atoms with van der Waals surface area (Å²) in [6.45, 7) is 8.17. The molecule has 110 valence electrons. The van der Waals surface area contributed by atoms with Crippen molar-refractivity contribution in [2.45, 2.75) is 33.6 Å². The predicted octanol–water partition coefficient (Wildman–Crippen LogP) is 3.71. The molecule has 1 rings (SSSR count). The van der Waals surface area contributed by atoms with Gasteiger partial charge in [0.25, 0.3) is 5.91 Å². The molecular formula is C15H21BrN2O2. The Labute approximate surface area is 128 Å². The van der Waals surface area contributed by atoms with Crippen molar-refractivity contribution in [3.05, 3.63) is 28.2 Å². The number of rotatable bonds is 6. The van der Waals surface area contributed by atoms with Crippen LogP contribution >= 0.6 is 15.9 Å². The molecule has 0 fully saturated rings. The maximum Gasteiger partial charge on any atom is 0.277 e. The molecule has 20 heavy (non-hydrogen) atoms. The van der Waals surface area contributed by atoms with E-state index in [9.17, 15) is 4.79 Å². The van der Waals surface area contributed by atoms with Gasteiger partial charge in [0.05, 0.1) is 4.47 Å². The number of carbonyl (C=O) groups is 1. The molecule has 0 atom stereocenters. The van der Waals surface area contributed by atoms with Gasteiger partial charge in [-0.1, -0.05) is 33.8 Å². The maximum absolute atomic E-state index is 11.5. The molecule has 0 aliphatic rings. The fraction of sp³-hybridized carbons (Fsp3) is 0.467. The number of hydrazone groups is 1. The van der Waals surface area contributed by atoms with Crippen LogP contribution in [0.25, 0.3) is 0 Å². The number of ether oxygens (including phenoxy) is 1. The molecule has 0 saturated carbocycles. The van der Waals surface area contributed by atoms with Gasteiger partial charge in [0, 0.05) is 6.21 Å². The number of nitrogens with one attached hydrogen (secondary N) is 1. The summed E-state index contributed by atoms with van der Waals surface area (Å²) in [4.78, 5) is 11.5. The lowest BCUT2D eigenvalue weighted by molar-refractivity contribution is -0.123. The van der Waals surface area contributed by atoms with E-state index >= 15 is 0 Å². The molecule has 0 radical (unpaired) electrons. The average Bonchev–Trinajstić information content (AvgIpc) is 2.36. The van der Waals surface area contributed by atoms with Gasteiger partial charge in [-0.05, 0) is 45.5 Å². The summed E-state index contributed by atoms with van der Waals surface area (Å²) in [7, 11) is 0. The number of benzene rings is 1. The van der Waals surface area contributed by atoms with Gasteiger partial charge in [-0.3, -0.25) is 4.79 Å². The molecule has 0 aliphatic carbocycles. The van der Waals surface area contributed by atoms with Crippen LogP contribution in [0.2, 0.25) is 0 Å². The van der Waals surface area contributed by atoms with Gasteiger partial charge in [-0.2, -0.15) is 5.10 Å². The zero-order valence-corrected chi connectivity index (χ0v) is 13.9. The highest BCUT2D eigenvalue weighted by Gasteiger charge is 2.07. The Morgan fingerprint density at radius 2 is 2.10 bits per heavy atom. The lowest BCUT2D eigenvalue weighted by Crippen LogP contribution is -2.24. The smallest absolute Gasteiger partial charge is 0.277 e. The SMILES string of the molecule is CC(C)C=NNC(=O)COc1ccc(C(C)C)cc1Br. The molecule has 5 heteroatoms. The van der Waals surface area contributed by atoms with Crippen molar-refractivity contribution in [2.24, 2.45) is 11.0 Å². The third-order valence-electron chi connectivity index (χ3n) is 2.54. The molecule has 4 nitrogen and oxygen atoms in total. The molecule has 0 heterocycles. The van der Waals surface area contributed by atoms with Crippen molar-refractivity contribution in [1.29, 1.82) is 0 Å². The van der Waals surface area contributed by atoms with Crippen molar-refractivity contribution in [3.8, 4) is 5.75 Å². The topological polar surface area (TPSA) is 50.7 Å². The summed E-state index contributed by atoms with van der Waals surface area (Å²) in [5, 5.41) is 3.83. The van der Waals surface area contributed by atoms with Crippen LogP contribution in [0.1, 0.15) is 39.2 Å². The molecule has 0 aromatic heterocycles. The lowest BCUT2D eigenvalue weighted by Gasteiger charge is -2.10. The quantitative estimate of drug-likeness (QED) is 0.633. The highest BCUT2D eigenvalue weighted by atomic mass is 79.9. The van der Waals surface area contributed by atoms with Crippen LogP contribution in [0, 0.1) is 5.92 Å². The lowest BCUT2D eigenvalue weighted by atomic mass is 10.0. The molecule has 1 aromatic carbocycles. The normalized spacial score (nSPS) is 11.3. The summed E-state index contributed by atoms with van der Waals surface area (Å²) in [5.74, 6) is 1.13. The van der Waals surface area contributed by atoms with Crippen molar-refractivity contribution < 1.29 is 9.53 Å². The van der Waals surface area contributed by atoms with E-state index in [1.165, 1.54) is 5.56 Å². The largest absolute Gasteiger partial charge is 0.483 e. The van der Waals surface area contributed by atoms with E-state index in [-0.39, 0.29) is 12.5 Å². The summed E-state index contributed by atoms with van der Waals surface area (Å²) in [6.07, 6.45) is 1.67. The molecule has 0 spiro atoms. The minimum atomic E-state index is -0.276. The number of amides is 1. The Morgan fingerprint density at radius 1 is 1.40 bits per heavy atom. The Hall–Kier alpha value is -1.36. The molecule has 0 saturated heterocycles. The van der Waals surface area contributed by atoms with E-state index in [4.69, 9.17) is 4.74 Å². The monoisotopic (exact) mass is 340 g/mol. The zero-order chi connectivity index (χ0) is 15.1. The number of carbonyl (C=O) groups excluding carboxylic acids is 1.